The summed E-state index contributed by atoms with van der Waals surface area (Å²) in [7, 11) is 0. The lowest BCUT2D eigenvalue weighted by molar-refractivity contribution is -0.136. The lowest BCUT2D eigenvalue weighted by atomic mass is 10.0. The largest absolute Gasteiger partial charge is 0.489 e. The fourth-order valence-corrected chi connectivity index (χ4v) is 4.00. The summed E-state index contributed by atoms with van der Waals surface area (Å²) in [5, 5.41) is 3.09. The Bertz CT molecular complexity index is 959. The third-order valence-corrected chi connectivity index (χ3v) is 5.73. The minimum absolute atomic E-state index is 0.198. The molecule has 1 N–H and O–H groups in total. The molecule has 0 radical (unpaired) electrons. The summed E-state index contributed by atoms with van der Waals surface area (Å²) in [5.41, 5.74) is 3.55. The molecule has 3 amide bonds. The molecule has 0 saturated carbocycles. The Morgan fingerprint density at radius 1 is 1.11 bits per heavy atom. The van der Waals surface area contributed by atoms with Gasteiger partial charge in [-0.05, 0) is 29.7 Å². The van der Waals surface area contributed by atoms with Crippen molar-refractivity contribution in [1.29, 1.82) is 0 Å². The van der Waals surface area contributed by atoms with E-state index in [4.69, 9.17) is 4.74 Å². The second kappa shape index (κ2) is 7.75. The normalized spacial score (nSPS) is 18.8. The Labute approximate surface area is 171 Å². The molecule has 1 fully saturated rings. The molecule has 2 heterocycles. The maximum Gasteiger partial charge on any atom is 0.255 e. The van der Waals surface area contributed by atoms with E-state index in [1.807, 2.05) is 24.3 Å². The van der Waals surface area contributed by atoms with Gasteiger partial charge in [-0.15, -0.1) is 0 Å². The van der Waals surface area contributed by atoms with E-state index in [9.17, 15) is 14.4 Å². The number of hydrogen-bond acceptors (Lipinski definition) is 4. The highest BCUT2D eigenvalue weighted by Crippen LogP contribution is 2.33. The van der Waals surface area contributed by atoms with Gasteiger partial charge in [-0.2, -0.15) is 0 Å². The van der Waals surface area contributed by atoms with E-state index in [0.29, 0.717) is 30.9 Å². The molecule has 28 heavy (non-hydrogen) atoms. The van der Waals surface area contributed by atoms with Crippen LogP contribution < -0.4 is 10.1 Å². The highest BCUT2D eigenvalue weighted by atomic mass is 79.9. The summed E-state index contributed by atoms with van der Waals surface area (Å²) < 4.78 is 6.01. The van der Waals surface area contributed by atoms with Crippen molar-refractivity contribution in [2.24, 2.45) is 0 Å². The molecule has 0 spiro atoms. The second-order valence-corrected chi connectivity index (χ2v) is 7.49. The summed E-state index contributed by atoms with van der Waals surface area (Å²) in [6.45, 7) is 0.696. The topological polar surface area (TPSA) is 75.7 Å². The van der Waals surface area contributed by atoms with Crippen molar-refractivity contribution in [3.8, 4) is 5.75 Å². The van der Waals surface area contributed by atoms with Crippen LogP contribution in [0.4, 0.5) is 0 Å². The zero-order chi connectivity index (χ0) is 19.7. The molecule has 2 aliphatic heterocycles. The fourth-order valence-electron chi connectivity index (χ4n) is 3.66. The van der Waals surface area contributed by atoms with Gasteiger partial charge in [-0.3, -0.25) is 19.7 Å². The minimum atomic E-state index is -0.624. The molecule has 2 aliphatic rings. The van der Waals surface area contributed by atoms with Gasteiger partial charge in [0.1, 0.15) is 18.4 Å². The van der Waals surface area contributed by atoms with Gasteiger partial charge in [0, 0.05) is 22.9 Å². The zero-order valence-corrected chi connectivity index (χ0v) is 16.7. The van der Waals surface area contributed by atoms with Crippen LogP contribution in [0.1, 0.15) is 39.9 Å². The lowest BCUT2D eigenvalue weighted by Gasteiger charge is -2.29. The van der Waals surface area contributed by atoms with Crippen molar-refractivity contribution in [2.75, 3.05) is 0 Å². The highest BCUT2D eigenvalue weighted by Gasteiger charge is 2.40. The first-order valence-corrected chi connectivity index (χ1v) is 10.2. The van der Waals surface area contributed by atoms with E-state index >= 15 is 0 Å². The second-order valence-electron chi connectivity index (χ2n) is 6.92. The average Bonchev–Trinajstić information content (AvgIpc) is 3.04. The summed E-state index contributed by atoms with van der Waals surface area (Å²) >= 11 is 3.45. The molecule has 4 rings (SSSR count). The molecule has 1 atom stereocenters. The number of amides is 3. The summed E-state index contributed by atoms with van der Waals surface area (Å²) in [6.07, 6.45) is 0.587. The maximum absolute atomic E-state index is 12.8. The van der Waals surface area contributed by atoms with Crippen molar-refractivity contribution in [3.05, 3.63) is 64.7 Å². The van der Waals surface area contributed by atoms with Crippen LogP contribution in [-0.2, 0) is 28.1 Å². The Hall–Kier alpha value is -2.67. The van der Waals surface area contributed by atoms with Gasteiger partial charge in [-0.1, -0.05) is 46.3 Å². The number of hydrogen-bond donors (Lipinski definition) is 1. The van der Waals surface area contributed by atoms with Crippen LogP contribution in [0.3, 0.4) is 0 Å². The first-order chi connectivity index (χ1) is 13.6. The van der Waals surface area contributed by atoms with E-state index in [2.05, 4.69) is 27.3 Å². The number of nitrogens with zero attached hydrogens (tertiary/aromatic N) is 1. The quantitative estimate of drug-likeness (QED) is 0.570. The van der Waals surface area contributed by atoms with Crippen LogP contribution in [0.5, 0.6) is 5.75 Å². The van der Waals surface area contributed by atoms with Crippen molar-refractivity contribution >= 4 is 33.7 Å². The summed E-state index contributed by atoms with van der Waals surface area (Å²) in [4.78, 5) is 37.9. The van der Waals surface area contributed by atoms with Gasteiger partial charge in [0.2, 0.25) is 11.8 Å². The fraction of sp³-hybridized carbons (Fsp3) is 0.286. The van der Waals surface area contributed by atoms with Crippen LogP contribution in [0.15, 0.2) is 42.5 Å². The SMILES string of the molecule is O=C1CCC(N2Cc3c(OCc4cccc(CBr)c4)cccc3C2=O)C(=O)N1. The first kappa shape index (κ1) is 18.7. The minimum Gasteiger partial charge on any atom is -0.489 e. The zero-order valence-electron chi connectivity index (χ0n) is 15.1. The predicted molar refractivity (Wildman–Crippen MR) is 106 cm³/mol. The molecule has 0 aliphatic carbocycles. The van der Waals surface area contributed by atoms with E-state index < -0.39 is 11.9 Å². The Morgan fingerprint density at radius 2 is 1.89 bits per heavy atom. The predicted octanol–water partition coefficient (Wildman–Crippen LogP) is 2.92. The van der Waals surface area contributed by atoms with Gasteiger partial charge in [0.05, 0.1) is 6.54 Å². The van der Waals surface area contributed by atoms with Gasteiger partial charge in [0.15, 0.2) is 0 Å². The van der Waals surface area contributed by atoms with Crippen LogP contribution >= 0.6 is 15.9 Å². The lowest BCUT2D eigenvalue weighted by Crippen LogP contribution is -2.52. The Balaban J connectivity index is 1.52. The molecule has 6 nitrogen and oxygen atoms in total. The molecule has 2 aromatic carbocycles. The van der Waals surface area contributed by atoms with Gasteiger partial charge in [0.25, 0.3) is 5.91 Å². The molecular weight excluding hydrogens is 424 g/mol. The Kier molecular flexibility index (Phi) is 5.17. The van der Waals surface area contributed by atoms with Crippen LogP contribution in [-0.4, -0.2) is 28.7 Å². The molecule has 1 unspecified atom stereocenters. The van der Waals surface area contributed by atoms with Crippen molar-refractivity contribution in [1.82, 2.24) is 10.2 Å². The van der Waals surface area contributed by atoms with Crippen molar-refractivity contribution in [3.63, 3.8) is 0 Å². The molecule has 0 bridgehead atoms. The van der Waals surface area contributed by atoms with Gasteiger partial charge >= 0.3 is 0 Å². The average molecular weight is 443 g/mol. The number of nitrogens with one attached hydrogen (secondary N) is 1. The summed E-state index contributed by atoms with van der Waals surface area (Å²) in [5.74, 6) is -0.257. The molecule has 144 valence electrons. The van der Waals surface area contributed by atoms with E-state index in [0.717, 1.165) is 16.5 Å². The van der Waals surface area contributed by atoms with Crippen LogP contribution in [0.2, 0.25) is 0 Å². The monoisotopic (exact) mass is 442 g/mol. The van der Waals surface area contributed by atoms with Crippen LogP contribution in [0.25, 0.3) is 0 Å². The molecule has 1 saturated heterocycles. The number of carbonyl (C=O) groups excluding carboxylic acids is 3. The third-order valence-electron chi connectivity index (χ3n) is 5.08. The molecular formula is C21H19BrN2O4. The first-order valence-electron chi connectivity index (χ1n) is 9.10. The smallest absolute Gasteiger partial charge is 0.255 e. The summed E-state index contributed by atoms with van der Waals surface area (Å²) in [6, 6.07) is 12.8. The number of carbonyl (C=O) groups is 3. The van der Waals surface area contributed by atoms with E-state index in [1.54, 1.807) is 12.1 Å². The number of benzene rings is 2. The van der Waals surface area contributed by atoms with Gasteiger partial charge < -0.3 is 9.64 Å². The number of alkyl halides is 1. The van der Waals surface area contributed by atoms with E-state index in [1.165, 1.54) is 10.5 Å². The number of rotatable bonds is 5. The molecule has 0 aromatic heterocycles. The Morgan fingerprint density at radius 3 is 2.68 bits per heavy atom. The number of ether oxygens (including phenoxy) is 1. The standard InChI is InChI=1S/C21H19BrN2O4/c22-10-13-3-1-4-14(9-13)12-28-18-6-2-5-15-16(18)11-24(21(15)27)17-7-8-19(25)23-20(17)26/h1-6,9,17H,7-8,10-12H2,(H,23,25,26). The van der Waals surface area contributed by atoms with Gasteiger partial charge in [-0.25, -0.2) is 0 Å². The number of halogens is 1. The number of imide groups is 1. The molecule has 7 heteroatoms. The number of piperidine rings is 1. The van der Waals surface area contributed by atoms with E-state index in [-0.39, 0.29) is 18.2 Å². The maximum atomic E-state index is 12.8. The third kappa shape index (κ3) is 3.54. The van der Waals surface area contributed by atoms with Crippen molar-refractivity contribution < 1.29 is 19.1 Å². The molecule has 2 aromatic rings. The van der Waals surface area contributed by atoms with Crippen molar-refractivity contribution in [2.45, 2.75) is 37.4 Å². The number of fused-ring (bicyclic) bond motifs is 1. The highest BCUT2D eigenvalue weighted by molar-refractivity contribution is 9.08. The van der Waals surface area contributed by atoms with Crippen LogP contribution in [0, 0.1) is 0 Å².